The molecule has 0 saturated carbocycles. The highest BCUT2D eigenvalue weighted by Crippen LogP contribution is 2.12. The number of nitrogens with one attached hydrogen (secondary N) is 1. The second-order valence-electron chi connectivity index (χ2n) is 3.13. The van der Waals surface area contributed by atoms with E-state index in [0.29, 0.717) is 18.0 Å². The van der Waals surface area contributed by atoms with Crippen molar-refractivity contribution in [2.75, 3.05) is 13.1 Å². The Bertz CT molecular complexity index is 441. The van der Waals surface area contributed by atoms with Gasteiger partial charge in [0, 0.05) is 19.5 Å². The average molecular weight is 262 g/mol. The molecule has 16 heavy (non-hydrogen) atoms. The van der Waals surface area contributed by atoms with Crippen LogP contribution in [0.3, 0.4) is 0 Å². The van der Waals surface area contributed by atoms with Gasteiger partial charge in [0.25, 0.3) is 10.0 Å². The standard InChI is InChI=1S/C8H14N4O2S2/c1-2-12(6-4-7(9)15)16(13,14)8-3-5-10-11-8/h3,5H,2,4,6H2,1H3,(H2,9,15)(H,10,11). The maximum Gasteiger partial charge on any atom is 0.259 e. The van der Waals surface area contributed by atoms with Crippen LogP contribution in [0.4, 0.5) is 0 Å². The fourth-order valence-electron chi connectivity index (χ4n) is 1.21. The fourth-order valence-corrected chi connectivity index (χ4v) is 2.65. The predicted molar refractivity (Wildman–Crippen MR) is 64.4 cm³/mol. The lowest BCUT2D eigenvalue weighted by Crippen LogP contribution is -2.33. The molecule has 0 spiro atoms. The summed E-state index contributed by atoms with van der Waals surface area (Å²) in [6, 6.07) is 1.42. The van der Waals surface area contributed by atoms with Crippen LogP contribution in [0.2, 0.25) is 0 Å². The van der Waals surface area contributed by atoms with Gasteiger partial charge in [0.15, 0.2) is 5.03 Å². The molecule has 0 radical (unpaired) electrons. The molecule has 1 aromatic rings. The predicted octanol–water partition coefficient (Wildman–Crippen LogP) is 0.0965. The van der Waals surface area contributed by atoms with Crippen LogP contribution in [0.15, 0.2) is 17.3 Å². The van der Waals surface area contributed by atoms with Gasteiger partial charge in [-0.15, -0.1) is 0 Å². The number of rotatable bonds is 6. The molecule has 0 aliphatic carbocycles. The van der Waals surface area contributed by atoms with Gasteiger partial charge < -0.3 is 5.73 Å². The van der Waals surface area contributed by atoms with Crippen LogP contribution >= 0.6 is 12.2 Å². The molecule has 0 aliphatic rings. The second-order valence-corrected chi connectivity index (χ2v) is 5.56. The summed E-state index contributed by atoms with van der Waals surface area (Å²) >= 11 is 4.72. The number of hydrogen-bond acceptors (Lipinski definition) is 4. The minimum absolute atomic E-state index is 0.0808. The minimum atomic E-state index is -3.50. The van der Waals surface area contributed by atoms with E-state index in [0.717, 1.165) is 0 Å². The summed E-state index contributed by atoms with van der Waals surface area (Å²) in [7, 11) is -3.50. The molecule has 0 unspecified atom stereocenters. The highest BCUT2D eigenvalue weighted by atomic mass is 32.2. The van der Waals surface area contributed by atoms with E-state index in [4.69, 9.17) is 18.0 Å². The van der Waals surface area contributed by atoms with Crippen molar-refractivity contribution in [2.45, 2.75) is 18.4 Å². The summed E-state index contributed by atoms with van der Waals surface area (Å²) in [5.74, 6) is 0. The van der Waals surface area contributed by atoms with Crippen LogP contribution in [-0.4, -0.2) is 41.0 Å². The molecule has 90 valence electrons. The number of thiocarbonyl (C=S) groups is 1. The Morgan fingerprint density at radius 2 is 2.38 bits per heavy atom. The summed E-state index contributed by atoms with van der Waals surface area (Å²) in [5, 5.41) is 6.14. The number of sulfonamides is 1. The summed E-state index contributed by atoms with van der Waals surface area (Å²) in [5.41, 5.74) is 5.35. The SMILES string of the molecule is CCN(CCC(N)=S)S(=O)(=O)c1ccn[nH]1. The van der Waals surface area contributed by atoms with Crippen LogP contribution in [0, 0.1) is 0 Å². The largest absolute Gasteiger partial charge is 0.393 e. The van der Waals surface area contributed by atoms with E-state index in [1.54, 1.807) is 6.92 Å². The molecule has 6 nitrogen and oxygen atoms in total. The van der Waals surface area contributed by atoms with Crippen LogP contribution in [0.1, 0.15) is 13.3 Å². The van der Waals surface area contributed by atoms with E-state index in [1.165, 1.54) is 16.6 Å². The van der Waals surface area contributed by atoms with Crippen molar-refractivity contribution < 1.29 is 8.42 Å². The molecular formula is C8H14N4O2S2. The van der Waals surface area contributed by atoms with Crippen molar-refractivity contribution >= 4 is 27.2 Å². The Kier molecular flexibility index (Phi) is 4.39. The first kappa shape index (κ1) is 13.1. The van der Waals surface area contributed by atoms with Gasteiger partial charge in [-0.3, -0.25) is 5.10 Å². The first-order valence-electron chi connectivity index (χ1n) is 4.76. The second kappa shape index (κ2) is 5.37. The number of aromatic nitrogens is 2. The van der Waals surface area contributed by atoms with Gasteiger partial charge in [-0.2, -0.15) is 9.40 Å². The monoisotopic (exact) mass is 262 g/mol. The van der Waals surface area contributed by atoms with Crippen LogP contribution < -0.4 is 5.73 Å². The Balaban J connectivity index is 2.84. The van der Waals surface area contributed by atoms with Gasteiger partial charge in [-0.25, -0.2) is 8.42 Å². The highest BCUT2D eigenvalue weighted by Gasteiger charge is 2.23. The van der Waals surface area contributed by atoms with Crippen molar-refractivity contribution in [1.82, 2.24) is 14.5 Å². The van der Waals surface area contributed by atoms with E-state index in [-0.39, 0.29) is 11.6 Å². The topological polar surface area (TPSA) is 92.1 Å². The van der Waals surface area contributed by atoms with E-state index in [1.807, 2.05) is 0 Å². The van der Waals surface area contributed by atoms with Crippen LogP contribution in [-0.2, 0) is 10.0 Å². The fraction of sp³-hybridized carbons (Fsp3) is 0.500. The Morgan fingerprint density at radius 3 is 2.81 bits per heavy atom. The lowest BCUT2D eigenvalue weighted by molar-refractivity contribution is 0.435. The molecule has 1 aromatic heterocycles. The smallest absolute Gasteiger partial charge is 0.259 e. The quantitative estimate of drug-likeness (QED) is 0.709. The Morgan fingerprint density at radius 1 is 1.69 bits per heavy atom. The third kappa shape index (κ3) is 3.00. The van der Waals surface area contributed by atoms with Crippen LogP contribution in [0.5, 0.6) is 0 Å². The summed E-state index contributed by atoms with van der Waals surface area (Å²) in [6.07, 6.45) is 1.77. The molecule has 8 heteroatoms. The molecule has 0 amide bonds. The highest BCUT2D eigenvalue weighted by molar-refractivity contribution is 7.89. The average Bonchev–Trinajstić information content (AvgIpc) is 2.70. The molecule has 0 aliphatic heterocycles. The molecule has 0 bridgehead atoms. The number of aromatic amines is 1. The van der Waals surface area contributed by atoms with Crippen molar-refractivity contribution in [3.05, 3.63) is 12.3 Å². The number of H-pyrrole nitrogens is 1. The van der Waals surface area contributed by atoms with Gasteiger partial charge in [-0.1, -0.05) is 19.1 Å². The van der Waals surface area contributed by atoms with E-state index in [9.17, 15) is 8.42 Å². The lowest BCUT2D eigenvalue weighted by Gasteiger charge is -2.18. The van der Waals surface area contributed by atoms with Crippen LogP contribution in [0.25, 0.3) is 0 Å². The van der Waals surface area contributed by atoms with Gasteiger partial charge in [0.05, 0.1) is 11.2 Å². The molecule has 0 fully saturated rings. The lowest BCUT2D eigenvalue weighted by atomic mass is 10.4. The minimum Gasteiger partial charge on any atom is -0.393 e. The first-order chi connectivity index (χ1) is 7.48. The van der Waals surface area contributed by atoms with Gasteiger partial charge in [0.2, 0.25) is 0 Å². The van der Waals surface area contributed by atoms with Gasteiger partial charge >= 0.3 is 0 Å². The molecule has 1 heterocycles. The summed E-state index contributed by atoms with van der Waals surface area (Å²) in [6.45, 7) is 2.41. The Hall–Kier alpha value is -0.990. The maximum atomic E-state index is 12.0. The van der Waals surface area contributed by atoms with E-state index >= 15 is 0 Å². The number of hydrogen-bond donors (Lipinski definition) is 2. The number of nitrogens with zero attached hydrogens (tertiary/aromatic N) is 2. The molecule has 0 aromatic carbocycles. The molecule has 0 saturated heterocycles. The van der Waals surface area contributed by atoms with Gasteiger partial charge in [-0.05, 0) is 6.07 Å². The van der Waals surface area contributed by atoms with Gasteiger partial charge in [0.1, 0.15) is 0 Å². The summed E-state index contributed by atoms with van der Waals surface area (Å²) < 4.78 is 25.3. The molecule has 0 atom stereocenters. The van der Waals surface area contributed by atoms with Crippen molar-refractivity contribution in [1.29, 1.82) is 0 Å². The van der Waals surface area contributed by atoms with Crippen molar-refractivity contribution in [2.24, 2.45) is 5.73 Å². The van der Waals surface area contributed by atoms with E-state index in [2.05, 4.69) is 10.2 Å². The number of nitrogens with two attached hydrogens (primary N) is 1. The third-order valence-electron chi connectivity index (χ3n) is 2.05. The molecule has 1 rings (SSSR count). The van der Waals surface area contributed by atoms with Crippen molar-refractivity contribution in [3.63, 3.8) is 0 Å². The summed E-state index contributed by atoms with van der Waals surface area (Å²) in [4.78, 5) is 0.304. The normalized spacial score (nSPS) is 11.9. The Labute approximate surface area is 99.9 Å². The third-order valence-corrected chi connectivity index (χ3v) is 4.16. The molecular weight excluding hydrogens is 248 g/mol. The van der Waals surface area contributed by atoms with Crippen molar-refractivity contribution in [3.8, 4) is 0 Å². The maximum absolute atomic E-state index is 12.0. The zero-order valence-electron chi connectivity index (χ0n) is 8.88. The molecule has 3 N–H and O–H groups in total. The zero-order chi connectivity index (χ0) is 12.2. The first-order valence-corrected chi connectivity index (χ1v) is 6.61. The zero-order valence-corrected chi connectivity index (χ0v) is 10.5. The van der Waals surface area contributed by atoms with E-state index < -0.39 is 10.0 Å².